The monoisotopic (exact) mass is 358 g/mol. The van der Waals surface area contributed by atoms with Gasteiger partial charge in [0.2, 0.25) is 0 Å². The molecule has 120 valence electrons. The minimum Gasteiger partial charge on any atom is -0.385 e. The van der Waals surface area contributed by atoms with E-state index in [0.717, 1.165) is 50.3 Å². The predicted molar refractivity (Wildman–Crippen MR) is 92.1 cm³/mol. The molecule has 0 saturated heterocycles. The van der Waals surface area contributed by atoms with Crippen LogP contribution in [0.1, 0.15) is 18.9 Å². The van der Waals surface area contributed by atoms with Crippen molar-refractivity contribution >= 4 is 21.6 Å². The molecule has 0 spiro atoms. The largest absolute Gasteiger partial charge is 0.385 e. The lowest BCUT2D eigenvalue weighted by Crippen LogP contribution is -2.29. The summed E-state index contributed by atoms with van der Waals surface area (Å²) >= 11 is 3.67. The van der Waals surface area contributed by atoms with Crippen molar-refractivity contribution in [2.45, 2.75) is 19.9 Å². The summed E-state index contributed by atoms with van der Waals surface area (Å²) in [6.07, 6.45) is 1.01. The van der Waals surface area contributed by atoms with E-state index in [9.17, 15) is 0 Å². The zero-order valence-electron chi connectivity index (χ0n) is 13.3. The Morgan fingerprint density at radius 1 is 1.14 bits per heavy atom. The molecular formula is C16H27BrN2O2. The Bertz CT molecular complexity index is 402. The molecule has 0 bridgehead atoms. The maximum atomic E-state index is 5.21. The molecule has 1 aromatic rings. The van der Waals surface area contributed by atoms with Crippen LogP contribution in [0.2, 0.25) is 0 Å². The highest BCUT2D eigenvalue weighted by Gasteiger charge is 2.08. The van der Waals surface area contributed by atoms with Crippen LogP contribution in [0.3, 0.4) is 0 Å². The molecule has 21 heavy (non-hydrogen) atoms. The predicted octanol–water partition coefficient (Wildman–Crippen LogP) is 3.05. The number of anilines is 1. The summed E-state index contributed by atoms with van der Waals surface area (Å²) in [5.74, 6) is 0. The van der Waals surface area contributed by atoms with E-state index in [2.05, 4.69) is 51.3 Å². The van der Waals surface area contributed by atoms with Crippen molar-refractivity contribution in [1.29, 1.82) is 0 Å². The van der Waals surface area contributed by atoms with Gasteiger partial charge in [0, 0.05) is 50.6 Å². The highest BCUT2D eigenvalue weighted by atomic mass is 79.9. The van der Waals surface area contributed by atoms with Gasteiger partial charge in [-0.3, -0.25) is 0 Å². The highest BCUT2D eigenvalue weighted by molar-refractivity contribution is 9.10. The van der Waals surface area contributed by atoms with Crippen molar-refractivity contribution in [1.82, 2.24) is 5.32 Å². The maximum Gasteiger partial charge on any atom is 0.0637 e. The molecule has 5 heteroatoms. The van der Waals surface area contributed by atoms with Crippen molar-refractivity contribution in [2.75, 3.05) is 52.0 Å². The van der Waals surface area contributed by atoms with Crippen LogP contribution in [0.25, 0.3) is 0 Å². The highest BCUT2D eigenvalue weighted by Crippen LogP contribution is 2.24. The molecule has 1 rings (SSSR count). The topological polar surface area (TPSA) is 33.7 Å². The molecule has 0 amide bonds. The van der Waals surface area contributed by atoms with Crippen LogP contribution < -0.4 is 10.2 Å². The number of methoxy groups -OCH3 is 2. The molecule has 0 unspecified atom stereocenters. The van der Waals surface area contributed by atoms with Crippen LogP contribution >= 0.6 is 15.9 Å². The Balaban J connectivity index is 2.73. The minimum atomic E-state index is 0.726. The van der Waals surface area contributed by atoms with Gasteiger partial charge in [0.15, 0.2) is 0 Å². The number of hydrogen-bond donors (Lipinski definition) is 1. The Morgan fingerprint density at radius 2 is 1.90 bits per heavy atom. The van der Waals surface area contributed by atoms with Gasteiger partial charge in [-0.15, -0.1) is 0 Å². The van der Waals surface area contributed by atoms with E-state index in [0.29, 0.717) is 0 Å². The second-order valence-corrected chi connectivity index (χ2v) is 5.74. The zero-order valence-corrected chi connectivity index (χ0v) is 14.9. The van der Waals surface area contributed by atoms with Crippen molar-refractivity contribution < 1.29 is 9.47 Å². The lowest BCUT2D eigenvalue weighted by molar-refractivity contribution is 0.191. The number of nitrogens with one attached hydrogen (secondary N) is 1. The van der Waals surface area contributed by atoms with Gasteiger partial charge in [0.05, 0.1) is 6.61 Å². The zero-order chi connectivity index (χ0) is 15.5. The first-order valence-corrected chi connectivity index (χ1v) is 8.24. The van der Waals surface area contributed by atoms with Gasteiger partial charge in [-0.05, 0) is 30.7 Å². The fraction of sp³-hybridized carbons (Fsp3) is 0.625. The van der Waals surface area contributed by atoms with Crippen LogP contribution in [0.15, 0.2) is 22.7 Å². The standard InChI is InChI=1S/C16H27BrN2O2/c1-4-18-13-14-6-7-15(12-16(14)17)19(9-11-21-3)8-5-10-20-2/h6-7,12,18H,4-5,8-11,13H2,1-3H3. The Morgan fingerprint density at radius 3 is 2.52 bits per heavy atom. The van der Waals surface area contributed by atoms with Gasteiger partial charge in [-0.1, -0.05) is 28.9 Å². The average Bonchev–Trinajstić information content (AvgIpc) is 2.49. The molecule has 0 aromatic heterocycles. The van der Waals surface area contributed by atoms with Crippen molar-refractivity contribution in [2.24, 2.45) is 0 Å². The van der Waals surface area contributed by atoms with E-state index in [4.69, 9.17) is 9.47 Å². The lowest BCUT2D eigenvalue weighted by Gasteiger charge is -2.25. The molecule has 0 radical (unpaired) electrons. The van der Waals surface area contributed by atoms with E-state index in [-0.39, 0.29) is 0 Å². The van der Waals surface area contributed by atoms with Crippen LogP contribution in [-0.4, -0.2) is 47.1 Å². The third-order valence-corrected chi connectivity index (χ3v) is 4.05. The number of ether oxygens (including phenoxy) is 2. The number of hydrogen-bond acceptors (Lipinski definition) is 4. The second kappa shape index (κ2) is 11.0. The van der Waals surface area contributed by atoms with E-state index < -0.39 is 0 Å². The lowest BCUT2D eigenvalue weighted by atomic mass is 10.2. The summed E-state index contributed by atoms with van der Waals surface area (Å²) < 4.78 is 11.5. The minimum absolute atomic E-state index is 0.726. The molecule has 0 fully saturated rings. The van der Waals surface area contributed by atoms with Gasteiger partial charge in [0.1, 0.15) is 0 Å². The van der Waals surface area contributed by atoms with Crippen LogP contribution in [0.5, 0.6) is 0 Å². The van der Waals surface area contributed by atoms with Gasteiger partial charge in [-0.25, -0.2) is 0 Å². The molecule has 0 aliphatic rings. The fourth-order valence-electron chi connectivity index (χ4n) is 2.11. The first-order chi connectivity index (χ1) is 10.2. The quantitative estimate of drug-likeness (QED) is 0.616. The van der Waals surface area contributed by atoms with Crippen molar-refractivity contribution in [3.05, 3.63) is 28.2 Å². The molecule has 0 atom stereocenters. The number of benzene rings is 1. The summed E-state index contributed by atoms with van der Waals surface area (Å²) in [6.45, 7) is 7.34. The molecule has 4 nitrogen and oxygen atoms in total. The first-order valence-electron chi connectivity index (χ1n) is 7.44. The van der Waals surface area contributed by atoms with Gasteiger partial charge in [0.25, 0.3) is 0 Å². The van der Waals surface area contributed by atoms with Crippen LogP contribution in [0, 0.1) is 0 Å². The van der Waals surface area contributed by atoms with E-state index >= 15 is 0 Å². The van der Waals surface area contributed by atoms with Crippen LogP contribution in [-0.2, 0) is 16.0 Å². The Labute approximate surface area is 136 Å². The molecule has 0 aliphatic carbocycles. The van der Waals surface area contributed by atoms with E-state index in [1.165, 1.54) is 11.3 Å². The van der Waals surface area contributed by atoms with Crippen molar-refractivity contribution in [3.63, 3.8) is 0 Å². The SMILES string of the molecule is CCNCc1ccc(N(CCCOC)CCOC)cc1Br. The van der Waals surface area contributed by atoms with E-state index in [1.807, 2.05) is 0 Å². The third kappa shape index (κ3) is 6.78. The number of halogens is 1. The molecule has 0 saturated carbocycles. The third-order valence-electron chi connectivity index (χ3n) is 3.31. The second-order valence-electron chi connectivity index (χ2n) is 4.88. The summed E-state index contributed by atoms with van der Waals surface area (Å²) in [5, 5.41) is 3.35. The Kier molecular flexibility index (Phi) is 9.67. The summed E-state index contributed by atoms with van der Waals surface area (Å²) in [5.41, 5.74) is 2.50. The number of nitrogens with zero attached hydrogens (tertiary/aromatic N) is 1. The molecule has 1 aromatic carbocycles. The van der Waals surface area contributed by atoms with Gasteiger partial charge >= 0.3 is 0 Å². The number of rotatable bonds is 11. The smallest absolute Gasteiger partial charge is 0.0637 e. The van der Waals surface area contributed by atoms with Gasteiger partial charge in [-0.2, -0.15) is 0 Å². The average molecular weight is 359 g/mol. The molecular weight excluding hydrogens is 332 g/mol. The van der Waals surface area contributed by atoms with Crippen molar-refractivity contribution in [3.8, 4) is 0 Å². The molecule has 0 aliphatic heterocycles. The summed E-state index contributed by atoms with van der Waals surface area (Å²) in [7, 11) is 3.48. The molecule has 1 N–H and O–H groups in total. The van der Waals surface area contributed by atoms with Gasteiger partial charge < -0.3 is 19.7 Å². The van der Waals surface area contributed by atoms with Crippen LogP contribution in [0.4, 0.5) is 5.69 Å². The summed E-state index contributed by atoms with van der Waals surface area (Å²) in [6, 6.07) is 6.55. The fourth-order valence-corrected chi connectivity index (χ4v) is 2.61. The normalized spacial score (nSPS) is 10.9. The first kappa shape index (κ1) is 18.4. The maximum absolute atomic E-state index is 5.21. The Hall–Kier alpha value is -0.620. The van der Waals surface area contributed by atoms with E-state index in [1.54, 1.807) is 14.2 Å². The molecule has 0 heterocycles. The summed E-state index contributed by atoms with van der Waals surface area (Å²) in [4.78, 5) is 2.34.